The number of nitrogens with one attached hydrogen (secondary N) is 1. The number of nitrogens with zero attached hydrogens (tertiary/aromatic N) is 2. The van der Waals surface area contributed by atoms with Crippen LogP contribution in [0.15, 0.2) is 30.5 Å². The molecule has 1 aliphatic rings. The van der Waals surface area contributed by atoms with Crippen molar-refractivity contribution >= 4 is 34.2 Å². The summed E-state index contributed by atoms with van der Waals surface area (Å²) in [5.74, 6) is -2.11. The van der Waals surface area contributed by atoms with E-state index < -0.39 is 29.5 Å². The molecule has 11 heteroatoms. The Morgan fingerprint density at radius 3 is 2.75 bits per heavy atom. The summed E-state index contributed by atoms with van der Waals surface area (Å²) >= 11 is 0.914. The highest BCUT2D eigenvalue weighted by Gasteiger charge is 2.35. The first kappa shape index (κ1) is 19.8. The zero-order valence-electron chi connectivity index (χ0n) is 14.3. The number of nitrogens with two attached hydrogens (primary N) is 1. The number of hydrogen-bond acceptors (Lipinski definition) is 5. The smallest absolute Gasteiger partial charge is 0.365 e. The number of aromatic nitrogens is 1. The largest absolute Gasteiger partial charge is 0.416 e. The summed E-state index contributed by atoms with van der Waals surface area (Å²) in [6.45, 7) is 0.0601. The van der Waals surface area contributed by atoms with E-state index in [0.717, 1.165) is 23.5 Å². The fourth-order valence-corrected chi connectivity index (χ4v) is 3.49. The van der Waals surface area contributed by atoms with Crippen LogP contribution in [0.1, 0.15) is 27.2 Å². The molecule has 1 atom stereocenters. The second-order valence-corrected chi connectivity index (χ2v) is 7.29. The number of primary amides is 1. The lowest BCUT2D eigenvalue weighted by Gasteiger charge is -2.17. The summed E-state index contributed by atoms with van der Waals surface area (Å²) < 4.78 is 38.5. The van der Waals surface area contributed by atoms with E-state index in [-0.39, 0.29) is 35.4 Å². The minimum atomic E-state index is -4.47. The van der Waals surface area contributed by atoms with Gasteiger partial charge in [0.1, 0.15) is 4.88 Å². The van der Waals surface area contributed by atoms with E-state index in [1.165, 1.54) is 23.2 Å². The number of carbonyl (C=O) groups is 3. The number of rotatable bonds is 5. The minimum absolute atomic E-state index is 0.0182. The topological polar surface area (TPSA) is 105 Å². The van der Waals surface area contributed by atoms with Crippen molar-refractivity contribution in [1.82, 2.24) is 9.88 Å². The number of amides is 3. The van der Waals surface area contributed by atoms with Crippen molar-refractivity contribution in [2.75, 3.05) is 11.9 Å². The predicted molar refractivity (Wildman–Crippen MR) is 94.2 cm³/mol. The number of likely N-dealkylation sites (tertiary alicyclic amines) is 1. The molecule has 1 aromatic heterocycles. The lowest BCUT2D eigenvalue weighted by Crippen LogP contribution is -2.28. The normalized spacial score (nSPS) is 17.0. The number of carbonyl (C=O) groups excluding carboxylic acids is 3. The fourth-order valence-electron chi connectivity index (χ4n) is 2.82. The Kier molecular flexibility index (Phi) is 5.36. The zero-order valence-corrected chi connectivity index (χ0v) is 15.1. The van der Waals surface area contributed by atoms with Crippen LogP contribution in [0.5, 0.6) is 0 Å². The maximum Gasteiger partial charge on any atom is 0.416 e. The van der Waals surface area contributed by atoms with Crippen LogP contribution in [-0.4, -0.2) is 34.2 Å². The van der Waals surface area contributed by atoms with E-state index in [2.05, 4.69) is 10.3 Å². The van der Waals surface area contributed by atoms with Crippen LogP contribution in [-0.2, 0) is 22.3 Å². The van der Waals surface area contributed by atoms with Crippen molar-refractivity contribution in [2.45, 2.75) is 19.1 Å². The van der Waals surface area contributed by atoms with Crippen molar-refractivity contribution in [3.63, 3.8) is 0 Å². The summed E-state index contributed by atoms with van der Waals surface area (Å²) in [6.07, 6.45) is -3.29. The molecular formula is C17H15F3N4O3S. The molecule has 3 N–H and O–H groups in total. The Hall–Kier alpha value is -2.95. The molecule has 0 aliphatic carbocycles. The molecule has 1 aromatic carbocycles. The van der Waals surface area contributed by atoms with E-state index in [9.17, 15) is 27.6 Å². The Morgan fingerprint density at radius 2 is 2.11 bits per heavy atom. The number of thiazole rings is 1. The average molecular weight is 412 g/mol. The second-order valence-electron chi connectivity index (χ2n) is 6.26. The van der Waals surface area contributed by atoms with Crippen LogP contribution in [0.25, 0.3) is 0 Å². The number of hydrogen-bond donors (Lipinski definition) is 2. The third kappa shape index (κ3) is 4.47. The van der Waals surface area contributed by atoms with Gasteiger partial charge in [0.25, 0.3) is 5.91 Å². The molecule has 1 fully saturated rings. The van der Waals surface area contributed by atoms with E-state index in [1.54, 1.807) is 0 Å². The van der Waals surface area contributed by atoms with Crippen LogP contribution in [0, 0.1) is 5.92 Å². The van der Waals surface area contributed by atoms with Crippen LogP contribution < -0.4 is 11.1 Å². The summed E-state index contributed by atoms with van der Waals surface area (Å²) in [5.41, 5.74) is 4.66. The Bertz CT molecular complexity index is 928. The van der Waals surface area contributed by atoms with Gasteiger partial charge in [-0.2, -0.15) is 13.2 Å². The van der Waals surface area contributed by atoms with Gasteiger partial charge < -0.3 is 16.0 Å². The first-order valence-corrected chi connectivity index (χ1v) is 8.95. The van der Waals surface area contributed by atoms with Gasteiger partial charge in [0, 0.05) is 19.5 Å². The van der Waals surface area contributed by atoms with Crippen molar-refractivity contribution < 1.29 is 27.6 Å². The SMILES string of the molecule is NC(=O)c1cnc(NC(=O)C2CC(=O)N(Cc3cccc(C(F)(F)F)c3)C2)s1. The maximum atomic E-state index is 12.8. The molecule has 1 aliphatic heterocycles. The van der Waals surface area contributed by atoms with Gasteiger partial charge in [-0.1, -0.05) is 23.5 Å². The second kappa shape index (κ2) is 7.58. The molecule has 148 valence electrons. The van der Waals surface area contributed by atoms with Gasteiger partial charge in [-0.05, 0) is 17.7 Å². The van der Waals surface area contributed by atoms with Crippen molar-refractivity contribution in [3.05, 3.63) is 46.5 Å². The highest BCUT2D eigenvalue weighted by molar-refractivity contribution is 7.17. The molecule has 2 heterocycles. The summed E-state index contributed by atoms with van der Waals surface area (Å²) in [4.78, 5) is 41.0. The van der Waals surface area contributed by atoms with Crippen molar-refractivity contribution in [1.29, 1.82) is 0 Å². The molecular weight excluding hydrogens is 397 g/mol. The average Bonchev–Trinajstić information content (AvgIpc) is 3.22. The van der Waals surface area contributed by atoms with Crippen molar-refractivity contribution in [3.8, 4) is 0 Å². The van der Waals surface area contributed by atoms with Gasteiger partial charge in [-0.15, -0.1) is 0 Å². The van der Waals surface area contributed by atoms with Crippen molar-refractivity contribution in [2.24, 2.45) is 11.7 Å². The number of anilines is 1. The lowest BCUT2D eigenvalue weighted by molar-refractivity contribution is -0.137. The molecule has 0 radical (unpaired) electrons. The molecule has 0 saturated carbocycles. The molecule has 1 saturated heterocycles. The molecule has 1 unspecified atom stereocenters. The van der Waals surface area contributed by atoms with E-state index in [0.29, 0.717) is 5.56 Å². The number of benzene rings is 1. The Labute approximate surface area is 161 Å². The zero-order chi connectivity index (χ0) is 20.5. The fraction of sp³-hybridized carbons (Fsp3) is 0.294. The van der Waals surface area contributed by atoms with E-state index in [4.69, 9.17) is 5.73 Å². The first-order valence-electron chi connectivity index (χ1n) is 8.14. The first-order chi connectivity index (χ1) is 13.1. The molecule has 3 amide bonds. The highest BCUT2D eigenvalue weighted by atomic mass is 32.1. The highest BCUT2D eigenvalue weighted by Crippen LogP contribution is 2.30. The summed E-state index contributed by atoms with van der Waals surface area (Å²) in [5, 5.41) is 2.71. The van der Waals surface area contributed by atoms with Gasteiger partial charge in [0.2, 0.25) is 11.8 Å². The van der Waals surface area contributed by atoms with Gasteiger partial charge in [0.15, 0.2) is 5.13 Å². The monoisotopic (exact) mass is 412 g/mol. The van der Waals surface area contributed by atoms with E-state index >= 15 is 0 Å². The maximum absolute atomic E-state index is 12.8. The van der Waals surface area contributed by atoms with Gasteiger partial charge in [0.05, 0.1) is 17.7 Å². The van der Waals surface area contributed by atoms with Gasteiger partial charge in [-0.3, -0.25) is 14.4 Å². The van der Waals surface area contributed by atoms with Crippen LogP contribution in [0.3, 0.4) is 0 Å². The van der Waals surface area contributed by atoms with Crippen LogP contribution >= 0.6 is 11.3 Å². The minimum Gasteiger partial charge on any atom is -0.365 e. The predicted octanol–water partition coefficient (Wildman–Crippen LogP) is 2.25. The molecule has 0 spiro atoms. The van der Waals surface area contributed by atoms with E-state index in [1.807, 2.05) is 0 Å². The van der Waals surface area contributed by atoms with Crippen LogP contribution in [0.2, 0.25) is 0 Å². The molecule has 3 rings (SSSR count). The quantitative estimate of drug-likeness (QED) is 0.786. The Balaban J connectivity index is 1.63. The standard InChI is InChI=1S/C17H15F3N4O3S/c18-17(19,20)11-3-1-2-9(4-11)7-24-8-10(5-13(24)25)15(27)23-16-22-6-12(28-16)14(21)26/h1-4,6,10H,5,7-8H2,(H2,21,26)(H,22,23,27). The molecule has 28 heavy (non-hydrogen) atoms. The summed E-state index contributed by atoms with van der Waals surface area (Å²) in [6, 6.07) is 4.72. The third-order valence-corrected chi connectivity index (χ3v) is 5.12. The number of halogens is 3. The lowest BCUT2D eigenvalue weighted by atomic mass is 10.1. The summed E-state index contributed by atoms with van der Waals surface area (Å²) in [7, 11) is 0. The molecule has 0 bridgehead atoms. The molecule has 2 aromatic rings. The Morgan fingerprint density at radius 1 is 1.36 bits per heavy atom. The number of alkyl halides is 3. The van der Waals surface area contributed by atoms with Gasteiger partial charge >= 0.3 is 6.18 Å². The van der Waals surface area contributed by atoms with Crippen LogP contribution in [0.4, 0.5) is 18.3 Å². The van der Waals surface area contributed by atoms with Gasteiger partial charge in [-0.25, -0.2) is 4.98 Å². The third-order valence-electron chi connectivity index (χ3n) is 4.19. The molecule has 7 nitrogen and oxygen atoms in total.